The maximum absolute atomic E-state index is 11.4. The zero-order valence-corrected chi connectivity index (χ0v) is 9.99. The fourth-order valence-electron chi connectivity index (χ4n) is 1.70. The van der Waals surface area contributed by atoms with Crippen LogP contribution >= 0.6 is 0 Å². The Bertz CT molecular complexity index is 207. The van der Waals surface area contributed by atoms with E-state index >= 15 is 0 Å². The van der Waals surface area contributed by atoms with Crippen molar-refractivity contribution in [1.82, 2.24) is 15.8 Å². The molecular formula is C10H21N3O3. The van der Waals surface area contributed by atoms with E-state index in [0.29, 0.717) is 0 Å². The highest BCUT2D eigenvalue weighted by atomic mass is 16.5. The standard InChI is InChI=1S/C10H21N3O3/c1-11-12-9(10(14)15-2)3-4-13-5-7-16-8-6-13/h9,11-12H,3-8H2,1-2H3/t9-/m0/s1. The van der Waals surface area contributed by atoms with Crippen LogP contribution in [-0.2, 0) is 14.3 Å². The van der Waals surface area contributed by atoms with E-state index in [4.69, 9.17) is 9.47 Å². The number of hydrazine groups is 1. The van der Waals surface area contributed by atoms with Crippen LogP contribution in [0.4, 0.5) is 0 Å². The van der Waals surface area contributed by atoms with Crippen LogP contribution < -0.4 is 10.9 Å². The number of esters is 1. The van der Waals surface area contributed by atoms with Crippen molar-refractivity contribution in [2.75, 3.05) is 47.0 Å². The van der Waals surface area contributed by atoms with Crippen LogP contribution in [0.2, 0.25) is 0 Å². The van der Waals surface area contributed by atoms with Gasteiger partial charge in [0.05, 0.1) is 20.3 Å². The number of nitrogens with zero attached hydrogens (tertiary/aromatic N) is 1. The van der Waals surface area contributed by atoms with E-state index in [2.05, 4.69) is 15.8 Å². The van der Waals surface area contributed by atoms with Crippen molar-refractivity contribution in [3.05, 3.63) is 0 Å². The second-order valence-electron chi connectivity index (χ2n) is 3.71. The minimum Gasteiger partial charge on any atom is -0.468 e. The fraction of sp³-hybridized carbons (Fsp3) is 0.900. The summed E-state index contributed by atoms with van der Waals surface area (Å²) in [5, 5.41) is 0. The summed E-state index contributed by atoms with van der Waals surface area (Å²) in [5.41, 5.74) is 5.67. The molecule has 1 heterocycles. The first-order chi connectivity index (χ1) is 7.77. The number of rotatable bonds is 6. The van der Waals surface area contributed by atoms with Gasteiger partial charge in [-0.25, -0.2) is 5.43 Å². The number of morpholine rings is 1. The molecule has 1 saturated heterocycles. The average molecular weight is 231 g/mol. The average Bonchev–Trinajstić information content (AvgIpc) is 2.34. The summed E-state index contributed by atoms with van der Waals surface area (Å²) in [5.74, 6) is -0.234. The third-order valence-electron chi connectivity index (χ3n) is 2.64. The Hall–Kier alpha value is -0.690. The molecule has 1 aliphatic rings. The molecule has 6 heteroatoms. The lowest BCUT2D eigenvalue weighted by molar-refractivity contribution is -0.143. The van der Waals surface area contributed by atoms with E-state index in [1.807, 2.05) is 0 Å². The fourth-order valence-corrected chi connectivity index (χ4v) is 1.70. The highest BCUT2D eigenvalue weighted by molar-refractivity contribution is 5.75. The first kappa shape index (κ1) is 13.4. The molecule has 1 rings (SSSR count). The molecule has 0 bridgehead atoms. The predicted octanol–water partition coefficient (Wildman–Crippen LogP) is -1.03. The third kappa shape index (κ3) is 4.44. The van der Waals surface area contributed by atoms with Gasteiger partial charge in [0.2, 0.25) is 0 Å². The van der Waals surface area contributed by atoms with Gasteiger partial charge in [-0.1, -0.05) is 0 Å². The third-order valence-corrected chi connectivity index (χ3v) is 2.64. The van der Waals surface area contributed by atoms with Crippen LogP contribution in [0.5, 0.6) is 0 Å². The lowest BCUT2D eigenvalue weighted by Gasteiger charge is -2.27. The molecular weight excluding hydrogens is 210 g/mol. The molecule has 0 unspecified atom stereocenters. The molecule has 1 aliphatic heterocycles. The summed E-state index contributed by atoms with van der Waals surface area (Å²) in [6, 6.07) is -0.294. The molecule has 1 fully saturated rings. The Labute approximate surface area is 96.2 Å². The largest absolute Gasteiger partial charge is 0.468 e. The SMILES string of the molecule is CNN[C@@H](CCN1CCOCC1)C(=O)OC. The van der Waals surface area contributed by atoms with Gasteiger partial charge in [0.25, 0.3) is 0 Å². The quantitative estimate of drug-likeness (QED) is 0.450. The highest BCUT2D eigenvalue weighted by Crippen LogP contribution is 2.01. The van der Waals surface area contributed by atoms with Crippen molar-refractivity contribution in [3.63, 3.8) is 0 Å². The zero-order chi connectivity index (χ0) is 11.8. The van der Waals surface area contributed by atoms with Crippen molar-refractivity contribution >= 4 is 5.97 Å². The van der Waals surface area contributed by atoms with Gasteiger partial charge in [0.1, 0.15) is 6.04 Å². The lowest BCUT2D eigenvalue weighted by Crippen LogP contribution is -2.47. The molecule has 0 saturated carbocycles. The van der Waals surface area contributed by atoms with Crippen molar-refractivity contribution in [2.24, 2.45) is 0 Å². The minimum absolute atomic E-state index is 0.234. The Morgan fingerprint density at radius 2 is 2.19 bits per heavy atom. The van der Waals surface area contributed by atoms with Crippen LogP contribution in [0.1, 0.15) is 6.42 Å². The molecule has 0 spiro atoms. The lowest BCUT2D eigenvalue weighted by atomic mass is 10.2. The Morgan fingerprint density at radius 3 is 2.75 bits per heavy atom. The Balaban J connectivity index is 2.27. The number of hydrogen-bond donors (Lipinski definition) is 2. The van der Waals surface area contributed by atoms with E-state index in [-0.39, 0.29) is 12.0 Å². The van der Waals surface area contributed by atoms with E-state index in [0.717, 1.165) is 39.3 Å². The summed E-state index contributed by atoms with van der Waals surface area (Å²) >= 11 is 0. The number of methoxy groups -OCH3 is 1. The van der Waals surface area contributed by atoms with Crippen LogP contribution in [-0.4, -0.2) is 63.9 Å². The van der Waals surface area contributed by atoms with Gasteiger partial charge in [-0.15, -0.1) is 0 Å². The number of ether oxygens (including phenoxy) is 2. The van der Waals surface area contributed by atoms with Gasteiger partial charge in [-0.3, -0.25) is 15.1 Å². The maximum Gasteiger partial charge on any atom is 0.324 e. The molecule has 16 heavy (non-hydrogen) atoms. The van der Waals surface area contributed by atoms with Crippen molar-refractivity contribution in [3.8, 4) is 0 Å². The topological polar surface area (TPSA) is 62.8 Å². The molecule has 0 radical (unpaired) electrons. The van der Waals surface area contributed by atoms with Gasteiger partial charge >= 0.3 is 5.97 Å². The Kier molecular flexibility index (Phi) is 6.32. The summed E-state index contributed by atoms with van der Waals surface area (Å²) in [4.78, 5) is 13.7. The molecule has 1 atom stereocenters. The molecule has 2 N–H and O–H groups in total. The molecule has 0 aliphatic carbocycles. The van der Waals surface area contributed by atoms with Crippen LogP contribution in [0.25, 0.3) is 0 Å². The number of carbonyl (C=O) groups is 1. The summed E-state index contributed by atoms with van der Waals surface area (Å²) < 4.78 is 9.98. The highest BCUT2D eigenvalue weighted by Gasteiger charge is 2.20. The van der Waals surface area contributed by atoms with Crippen molar-refractivity contribution in [2.45, 2.75) is 12.5 Å². The normalized spacial score (nSPS) is 19.4. The first-order valence-electron chi connectivity index (χ1n) is 5.58. The Morgan fingerprint density at radius 1 is 1.50 bits per heavy atom. The van der Waals surface area contributed by atoms with E-state index in [1.165, 1.54) is 7.11 Å². The molecule has 0 aromatic rings. The van der Waals surface area contributed by atoms with Gasteiger partial charge in [0.15, 0.2) is 0 Å². The predicted molar refractivity (Wildman–Crippen MR) is 59.9 cm³/mol. The van der Waals surface area contributed by atoms with Gasteiger partial charge < -0.3 is 9.47 Å². The summed E-state index contributed by atoms with van der Waals surface area (Å²) in [6.07, 6.45) is 0.730. The number of nitrogens with one attached hydrogen (secondary N) is 2. The molecule has 6 nitrogen and oxygen atoms in total. The van der Waals surface area contributed by atoms with Crippen LogP contribution in [0.15, 0.2) is 0 Å². The monoisotopic (exact) mass is 231 g/mol. The first-order valence-corrected chi connectivity index (χ1v) is 5.58. The smallest absolute Gasteiger partial charge is 0.324 e. The molecule has 0 amide bonds. The van der Waals surface area contributed by atoms with Crippen molar-refractivity contribution < 1.29 is 14.3 Å². The second kappa shape index (κ2) is 7.56. The van der Waals surface area contributed by atoms with Crippen LogP contribution in [0, 0.1) is 0 Å². The number of hydrogen-bond acceptors (Lipinski definition) is 6. The van der Waals surface area contributed by atoms with E-state index in [1.54, 1.807) is 7.05 Å². The molecule has 0 aromatic carbocycles. The molecule has 94 valence electrons. The molecule has 0 aromatic heterocycles. The van der Waals surface area contributed by atoms with Gasteiger partial charge in [-0.05, 0) is 13.5 Å². The maximum atomic E-state index is 11.4. The van der Waals surface area contributed by atoms with Gasteiger partial charge in [-0.2, -0.15) is 0 Å². The summed E-state index contributed by atoms with van der Waals surface area (Å²) in [7, 11) is 3.14. The van der Waals surface area contributed by atoms with Gasteiger partial charge in [0, 0.05) is 19.6 Å². The van der Waals surface area contributed by atoms with E-state index < -0.39 is 0 Å². The minimum atomic E-state index is -0.294. The van der Waals surface area contributed by atoms with E-state index in [9.17, 15) is 4.79 Å². The van der Waals surface area contributed by atoms with Crippen molar-refractivity contribution in [1.29, 1.82) is 0 Å². The summed E-state index contributed by atoms with van der Waals surface area (Å²) in [6.45, 7) is 4.31. The zero-order valence-electron chi connectivity index (χ0n) is 9.99. The second-order valence-corrected chi connectivity index (χ2v) is 3.71. The number of carbonyl (C=O) groups excluding carboxylic acids is 1. The van der Waals surface area contributed by atoms with Crippen LogP contribution in [0.3, 0.4) is 0 Å².